The summed E-state index contributed by atoms with van der Waals surface area (Å²) in [7, 11) is 1.24. The third kappa shape index (κ3) is 9.60. The largest absolute Gasteiger partial charge is 0.453 e. The lowest BCUT2D eigenvalue weighted by Crippen LogP contribution is -2.57. The van der Waals surface area contributed by atoms with Crippen molar-refractivity contribution in [2.45, 2.75) is 76.8 Å². The standard InChI is InChI=1S/C39H48N6O6/c1-38(2,3)34(42-37(49)51-4)35(47)43-45(25-28-15-17-30(18-16-28)44-22-20-40-26-44)21-10-19-39(50,24-27-11-6-5-7-12-27)36(48)41-33-31-14-9-8-13-29(31)23-32(33)46/h5-9,11-18,20,22,26,32-34,46,50H,10,19,21,23-25H2,1-4H3,(H,41,48)(H,42,49)(H,43,47)/t32-,33+,34-,39-/m1/s1. The Bertz CT molecular complexity index is 1760. The quantitative estimate of drug-likeness (QED) is 0.124. The van der Waals surface area contributed by atoms with Gasteiger partial charge in [0.2, 0.25) is 0 Å². The normalized spacial score (nSPS) is 17.2. The summed E-state index contributed by atoms with van der Waals surface area (Å²) in [5, 5.41) is 30.3. The first kappa shape index (κ1) is 37.2. The lowest BCUT2D eigenvalue weighted by molar-refractivity contribution is -0.142. The van der Waals surface area contributed by atoms with Gasteiger partial charge in [-0.05, 0) is 52.6 Å². The number of amides is 3. The van der Waals surface area contributed by atoms with Gasteiger partial charge in [0.05, 0.1) is 25.6 Å². The van der Waals surface area contributed by atoms with Gasteiger partial charge in [-0.25, -0.2) is 14.8 Å². The van der Waals surface area contributed by atoms with E-state index in [9.17, 15) is 24.6 Å². The molecule has 0 aliphatic heterocycles. The number of fused-ring (bicyclic) bond motifs is 1. The maximum atomic E-state index is 14.0. The number of imidazole rings is 1. The van der Waals surface area contributed by atoms with Crippen molar-refractivity contribution in [3.05, 3.63) is 120 Å². The minimum Gasteiger partial charge on any atom is -0.453 e. The summed E-state index contributed by atoms with van der Waals surface area (Å²) in [4.78, 5) is 44.0. The molecular weight excluding hydrogens is 648 g/mol. The molecule has 4 atom stereocenters. The van der Waals surface area contributed by atoms with Gasteiger partial charge in [-0.2, -0.15) is 0 Å². The summed E-state index contributed by atoms with van der Waals surface area (Å²) >= 11 is 0. The lowest BCUT2D eigenvalue weighted by atomic mass is 9.86. The molecule has 0 fully saturated rings. The first-order valence-corrected chi connectivity index (χ1v) is 17.2. The average molecular weight is 697 g/mol. The molecule has 5 rings (SSSR count). The second-order valence-electron chi connectivity index (χ2n) is 14.2. The average Bonchev–Trinajstić information content (AvgIpc) is 3.75. The Kier molecular flexibility index (Phi) is 11.9. The Hall–Kier alpha value is -5.04. The summed E-state index contributed by atoms with van der Waals surface area (Å²) in [5.74, 6) is -1.01. The van der Waals surface area contributed by atoms with E-state index in [4.69, 9.17) is 4.74 Å². The van der Waals surface area contributed by atoms with Gasteiger partial charge in [0.25, 0.3) is 11.8 Å². The van der Waals surface area contributed by atoms with E-state index >= 15 is 0 Å². The van der Waals surface area contributed by atoms with Gasteiger partial charge in [-0.1, -0.05) is 87.5 Å². The van der Waals surface area contributed by atoms with E-state index in [2.05, 4.69) is 21.0 Å². The van der Waals surface area contributed by atoms with Crippen molar-refractivity contribution in [3.8, 4) is 5.69 Å². The molecule has 3 amide bonds. The van der Waals surface area contributed by atoms with Gasteiger partial charge in [0.1, 0.15) is 11.6 Å². The number of alkyl carbamates (subject to hydrolysis) is 1. The number of hydrogen-bond donors (Lipinski definition) is 5. The molecule has 0 spiro atoms. The van der Waals surface area contributed by atoms with Gasteiger partial charge in [0.15, 0.2) is 0 Å². The summed E-state index contributed by atoms with van der Waals surface area (Å²) < 4.78 is 6.67. The van der Waals surface area contributed by atoms with Crippen LogP contribution in [0.25, 0.3) is 5.69 Å². The number of nitrogens with zero attached hydrogens (tertiary/aromatic N) is 3. The molecule has 0 bridgehead atoms. The van der Waals surface area contributed by atoms with E-state index in [1.807, 2.05) is 110 Å². The van der Waals surface area contributed by atoms with Crippen LogP contribution in [0.1, 0.15) is 61.9 Å². The molecule has 3 aromatic carbocycles. The van der Waals surface area contributed by atoms with E-state index in [1.165, 1.54) is 7.11 Å². The van der Waals surface area contributed by atoms with Crippen molar-refractivity contribution in [1.82, 2.24) is 30.6 Å². The zero-order chi connectivity index (χ0) is 36.6. The van der Waals surface area contributed by atoms with Crippen molar-refractivity contribution in [3.63, 3.8) is 0 Å². The summed E-state index contributed by atoms with van der Waals surface area (Å²) in [5.41, 5.74) is 4.92. The second kappa shape index (κ2) is 16.3. The Morgan fingerprint density at radius 3 is 2.37 bits per heavy atom. The number of methoxy groups -OCH3 is 1. The van der Waals surface area contributed by atoms with E-state index in [1.54, 1.807) is 17.5 Å². The van der Waals surface area contributed by atoms with Crippen LogP contribution in [-0.4, -0.2) is 74.1 Å². The van der Waals surface area contributed by atoms with Crippen LogP contribution in [0.4, 0.5) is 4.79 Å². The van der Waals surface area contributed by atoms with E-state index in [0.717, 1.165) is 27.9 Å². The predicted molar refractivity (Wildman–Crippen MR) is 192 cm³/mol. The summed E-state index contributed by atoms with van der Waals surface area (Å²) in [6.45, 7) is 6.10. The van der Waals surface area contributed by atoms with Crippen LogP contribution in [-0.2, 0) is 33.7 Å². The highest BCUT2D eigenvalue weighted by molar-refractivity contribution is 5.86. The molecule has 1 aliphatic rings. The Balaban J connectivity index is 1.35. The Morgan fingerprint density at radius 2 is 1.71 bits per heavy atom. The maximum Gasteiger partial charge on any atom is 0.407 e. The van der Waals surface area contributed by atoms with Gasteiger partial charge >= 0.3 is 6.09 Å². The fourth-order valence-corrected chi connectivity index (χ4v) is 6.45. The molecule has 270 valence electrons. The zero-order valence-electron chi connectivity index (χ0n) is 29.6. The van der Waals surface area contributed by atoms with Crippen LogP contribution in [0.5, 0.6) is 0 Å². The highest BCUT2D eigenvalue weighted by Gasteiger charge is 2.40. The van der Waals surface area contributed by atoms with Crippen molar-refractivity contribution in [2.24, 2.45) is 5.41 Å². The molecule has 0 unspecified atom stereocenters. The lowest BCUT2D eigenvalue weighted by Gasteiger charge is -2.33. The van der Waals surface area contributed by atoms with Crippen molar-refractivity contribution < 1.29 is 29.3 Å². The minimum absolute atomic E-state index is 0.0569. The molecule has 5 N–H and O–H groups in total. The van der Waals surface area contributed by atoms with Gasteiger partial charge in [-0.3, -0.25) is 15.0 Å². The molecule has 0 saturated carbocycles. The number of aliphatic hydroxyl groups excluding tert-OH is 1. The number of benzene rings is 3. The van der Waals surface area contributed by atoms with E-state index in [0.29, 0.717) is 19.4 Å². The highest BCUT2D eigenvalue weighted by Crippen LogP contribution is 2.32. The van der Waals surface area contributed by atoms with Crippen LogP contribution in [0.3, 0.4) is 0 Å². The van der Waals surface area contributed by atoms with E-state index in [-0.39, 0.29) is 19.4 Å². The topological polar surface area (TPSA) is 158 Å². The molecule has 0 saturated heterocycles. The number of ether oxygens (including phenoxy) is 1. The SMILES string of the molecule is COC(=O)N[C@H](C(=O)NN(CCC[C@@](O)(Cc1ccccc1)C(=O)N[C@H]1c2ccccc2C[C@H]1O)Cc1ccc(-n2ccnc2)cc1)C(C)(C)C. The molecule has 12 heteroatoms. The van der Waals surface area contributed by atoms with Gasteiger partial charge < -0.3 is 30.2 Å². The summed E-state index contributed by atoms with van der Waals surface area (Å²) in [6, 6.07) is 23.1. The van der Waals surface area contributed by atoms with Crippen molar-refractivity contribution in [1.29, 1.82) is 0 Å². The molecule has 1 aromatic heterocycles. The molecule has 4 aromatic rings. The van der Waals surface area contributed by atoms with Crippen LogP contribution in [0, 0.1) is 5.41 Å². The van der Waals surface area contributed by atoms with Crippen LogP contribution >= 0.6 is 0 Å². The highest BCUT2D eigenvalue weighted by atomic mass is 16.5. The molecular formula is C39H48N6O6. The first-order valence-electron chi connectivity index (χ1n) is 17.2. The number of rotatable bonds is 14. The van der Waals surface area contributed by atoms with Crippen LogP contribution < -0.4 is 16.1 Å². The smallest absolute Gasteiger partial charge is 0.407 e. The van der Waals surface area contributed by atoms with Crippen molar-refractivity contribution >= 4 is 17.9 Å². The van der Waals surface area contributed by atoms with Gasteiger partial charge in [-0.15, -0.1) is 0 Å². The van der Waals surface area contributed by atoms with Crippen LogP contribution in [0.15, 0.2) is 97.6 Å². The molecule has 51 heavy (non-hydrogen) atoms. The molecule has 1 aliphatic carbocycles. The summed E-state index contributed by atoms with van der Waals surface area (Å²) in [6.07, 6.45) is 4.58. The third-order valence-electron chi connectivity index (χ3n) is 9.23. The maximum absolute atomic E-state index is 14.0. The third-order valence-corrected chi connectivity index (χ3v) is 9.23. The fraction of sp³-hybridized carbons (Fsp3) is 0.385. The molecule has 12 nitrogen and oxygen atoms in total. The Labute approximate surface area is 298 Å². The fourth-order valence-electron chi connectivity index (χ4n) is 6.45. The van der Waals surface area contributed by atoms with E-state index < -0.39 is 47.1 Å². The minimum atomic E-state index is -1.82. The van der Waals surface area contributed by atoms with Gasteiger partial charge in [0, 0.05) is 44.0 Å². The number of carbonyl (C=O) groups excluding carboxylic acids is 3. The number of hydrogen-bond acceptors (Lipinski definition) is 8. The monoisotopic (exact) mass is 696 g/mol. The molecule has 0 radical (unpaired) electrons. The molecule has 1 heterocycles. The second-order valence-corrected chi connectivity index (χ2v) is 14.2. The van der Waals surface area contributed by atoms with Crippen molar-refractivity contribution in [2.75, 3.05) is 13.7 Å². The number of nitrogens with one attached hydrogen (secondary N) is 3. The number of aromatic nitrogens is 2. The zero-order valence-corrected chi connectivity index (χ0v) is 29.6. The number of carbonyl (C=O) groups is 3. The number of hydrazine groups is 1. The Morgan fingerprint density at radius 1 is 1.00 bits per heavy atom. The predicted octanol–water partition coefficient (Wildman–Crippen LogP) is 4.00. The number of aliphatic hydroxyl groups is 2. The van der Waals surface area contributed by atoms with Crippen LogP contribution in [0.2, 0.25) is 0 Å². The first-order chi connectivity index (χ1) is 24.4.